The van der Waals surface area contributed by atoms with Gasteiger partial charge in [0.25, 0.3) is 0 Å². The van der Waals surface area contributed by atoms with E-state index in [-0.39, 0.29) is 30.5 Å². The molecule has 156 valence electrons. The third-order valence-electron chi connectivity index (χ3n) is 6.36. The Morgan fingerprint density at radius 3 is 2.64 bits per heavy atom. The van der Waals surface area contributed by atoms with Crippen molar-refractivity contribution in [2.45, 2.75) is 70.9 Å². The SMILES string of the molecule is CCCCCCN1C[C@@H]2C[C@@H](CO)NC(=O)[C@H](C(C)C)N(C)c3cccc1c32. The number of amides is 1. The smallest absolute Gasteiger partial charge is 0.243 e. The zero-order valence-electron chi connectivity index (χ0n) is 17.9. The lowest BCUT2D eigenvalue weighted by Gasteiger charge is -2.33. The van der Waals surface area contributed by atoms with Crippen LogP contribution in [0.5, 0.6) is 0 Å². The summed E-state index contributed by atoms with van der Waals surface area (Å²) in [6.45, 7) is 8.48. The summed E-state index contributed by atoms with van der Waals surface area (Å²) in [5.41, 5.74) is 3.85. The number of likely N-dealkylation sites (N-methyl/N-ethyl adjacent to an activating group) is 1. The van der Waals surface area contributed by atoms with Crippen LogP contribution < -0.4 is 15.1 Å². The quantitative estimate of drug-likeness (QED) is 0.703. The highest BCUT2D eigenvalue weighted by Crippen LogP contribution is 2.45. The lowest BCUT2D eigenvalue weighted by atomic mass is 9.92. The average molecular weight is 388 g/mol. The molecule has 1 aromatic rings. The van der Waals surface area contributed by atoms with E-state index in [2.05, 4.69) is 54.1 Å². The lowest BCUT2D eigenvalue weighted by Crippen LogP contribution is -2.51. The van der Waals surface area contributed by atoms with Gasteiger partial charge in [0.1, 0.15) is 6.04 Å². The fourth-order valence-electron chi connectivity index (χ4n) is 5.02. The van der Waals surface area contributed by atoms with Gasteiger partial charge in [0.05, 0.1) is 12.6 Å². The molecule has 0 aromatic heterocycles. The Kier molecular flexibility index (Phi) is 6.86. The molecule has 5 heteroatoms. The second kappa shape index (κ2) is 9.17. The second-order valence-electron chi connectivity index (χ2n) is 8.84. The van der Waals surface area contributed by atoms with Gasteiger partial charge >= 0.3 is 0 Å². The van der Waals surface area contributed by atoms with Gasteiger partial charge in [-0.05, 0) is 30.9 Å². The first kappa shape index (κ1) is 21.0. The number of carbonyl (C=O) groups is 1. The first-order chi connectivity index (χ1) is 13.5. The number of aliphatic hydroxyl groups is 1. The van der Waals surface area contributed by atoms with Gasteiger partial charge < -0.3 is 20.2 Å². The Balaban J connectivity index is 1.97. The number of aliphatic hydroxyl groups excluding tert-OH is 1. The summed E-state index contributed by atoms with van der Waals surface area (Å²) in [6, 6.07) is 6.10. The molecule has 28 heavy (non-hydrogen) atoms. The lowest BCUT2D eigenvalue weighted by molar-refractivity contribution is -0.124. The zero-order chi connectivity index (χ0) is 20.3. The van der Waals surface area contributed by atoms with Crippen molar-refractivity contribution in [3.8, 4) is 0 Å². The molecular weight excluding hydrogens is 350 g/mol. The van der Waals surface area contributed by atoms with Gasteiger partial charge in [-0.2, -0.15) is 0 Å². The molecule has 5 nitrogen and oxygen atoms in total. The zero-order valence-corrected chi connectivity index (χ0v) is 17.9. The molecule has 0 saturated heterocycles. The molecule has 2 N–H and O–H groups in total. The Hall–Kier alpha value is -1.75. The third-order valence-corrected chi connectivity index (χ3v) is 6.36. The van der Waals surface area contributed by atoms with Gasteiger partial charge in [0, 0.05) is 43.0 Å². The van der Waals surface area contributed by atoms with Crippen LogP contribution in [0.25, 0.3) is 0 Å². The van der Waals surface area contributed by atoms with Crippen molar-refractivity contribution in [2.75, 3.05) is 36.5 Å². The summed E-state index contributed by atoms with van der Waals surface area (Å²) in [5.74, 6) is 0.539. The molecular formula is C23H37N3O2. The summed E-state index contributed by atoms with van der Waals surface area (Å²) >= 11 is 0. The van der Waals surface area contributed by atoms with Crippen molar-refractivity contribution in [3.05, 3.63) is 23.8 Å². The number of benzene rings is 1. The van der Waals surface area contributed by atoms with Gasteiger partial charge in [-0.15, -0.1) is 0 Å². The van der Waals surface area contributed by atoms with Crippen molar-refractivity contribution in [1.82, 2.24) is 5.32 Å². The normalized spacial score (nSPS) is 24.6. The van der Waals surface area contributed by atoms with Gasteiger partial charge in [-0.25, -0.2) is 0 Å². The molecule has 0 aliphatic carbocycles. The van der Waals surface area contributed by atoms with Crippen molar-refractivity contribution in [3.63, 3.8) is 0 Å². The van der Waals surface area contributed by atoms with Crippen LogP contribution in [-0.4, -0.2) is 49.8 Å². The van der Waals surface area contributed by atoms with Crippen molar-refractivity contribution < 1.29 is 9.90 Å². The predicted octanol–water partition coefficient (Wildman–Crippen LogP) is 3.51. The van der Waals surface area contributed by atoms with Crippen molar-refractivity contribution in [2.24, 2.45) is 5.92 Å². The summed E-state index contributed by atoms with van der Waals surface area (Å²) in [4.78, 5) is 17.6. The number of rotatable bonds is 7. The van der Waals surface area contributed by atoms with Gasteiger partial charge in [-0.3, -0.25) is 4.79 Å². The van der Waals surface area contributed by atoms with Crippen LogP contribution in [0.4, 0.5) is 11.4 Å². The molecule has 0 bridgehead atoms. The number of hydrogen-bond donors (Lipinski definition) is 2. The number of nitrogens with zero attached hydrogens (tertiary/aromatic N) is 2. The van der Waals surface area contributed by atoms with E-state index in [1.807, 2.05) is 7.05 Å². The van der Waals surface area contributed by atoms with E-state index >= 15 is 0 Å². The van der Waals surface area contributed by atoms with Crippen LogP contribution >= 0.6 is 0 Å². The van der Waals surface area contributed by atoms with Crippen LogP contribution in [0.15, 0.2) is 18.2 Å². The molecule has 0 unspecified atom stereocenters. The molecule has 1 aromatic carbocycles. The van der Waals surface area contributed by atoms with Gasteiger partial charge in [-0.1, -0.05) is 46.1 Å². The number of nitrogens with one attached hydrogen (secondary N) is 1. The first-order valence-electron chi connectivity index (χ1n) is 11.0. The Morgan fingerprint density at radius 2 is 1.96 bits per heavy atom. The molecule has 0 fully saturated rings. The topological polar surface area (TPSA) is 55.8 Å². The number of unbranched alkanes of at least 4 members (excludes halogenated alkanes) is 3. The summed E-state index contributed by atoms with van der Waals surface area (Å²) < 4.78 is 0. The fourth-order valence-corrected chi connectivity index (χ4v) is 5.02. The minimum Gasteiger partial charge on any atom is -0.394 e. The Morgan fingerprint density at radius 1 is 1.21 bits per heavy atom. The standard InChI is InChI=1S/C23H37N3O2/c1-5-6-7-8-12-26-14-17-13-18(15-27)24-23(28)22(16(2)3)25(4)19-10-9-11-20(26)21(17)19/h9-11,16-18,22,27H,5-8,12-15H2,1-4H3,(H,24,28)/t17-,18-,22-/m0/s1. The summed E-state index contributed by atoms with van der Waals surface area (Å²) in [7, 11) is 2.04. The van der Waals surface area contributed by atoms with E-state index in [9.17, 15) is 9.90 Å². The molecule has 2 aliphatic rings. The second-order valence-corrected chi connectivity index (χ2v) is 8.84. The maximum absolute atomic E-state index is 13.0. The van der Waals surface area contributed by atoms with Crippen molar-refractivity contribution in [1.29, 1.82) is 0 Å². The third kappa shape index (κ3) is 4.14. The highest BCUT2D eigenvalue weighted by Gasteiger charge is 2.38. The average Bonchev–Trinajstić information content (AvgIpc) is 3.02. The predicted molar refractivity (Wildman–Crippen MR) is 116 cm³/mol. The monoisotopic (exact) mass is 387 g/mol. The summed E-state index contributed by atoms with van der Waals surface area (Å²) in [6.07, 6.45) is 5.83. The van der Waals surface area contributed by atoms with Gasteiger partial charge in [0.15, 0.2) is 0 Å². The molecule has 3 rings (SSSR count). The molecule has 3 atom stereocenters. The van der Waals surface area contributed by atoms with E-state index in [1.54, 1.807) is 0 Å². The van der Waals surface area contributed by atoms with Crippen molar-refractivity contribution >= 4 is 17.3 Å². The van der Waals surface area contributed by atoms with E-state index in [0.717, 1.165) is 19.5 Å². The number of hydrogen-bond acceptors (Lipinski definition) is 4. The Labute approximate surface area is 170 Å². The molecule has 2 aliphatic heterocycles. The largest absolute Gasteiger partial charge is 0.394 e. The summed E-state index contributed by atoms with van der Waals surface area (Å²) in [5, 5.41) is 13.0. The molecule has 0 spiro atoms. The Bertz CT molecular complexity index is 676. The van der Waals surface area contributed by atoms with Crippen LogP contribution in [0.1, 0.15) is 64.4 Å². The van der Waals surface area contributed by atoms with Crippen LogP contribution in [0.3, 0.4) is 0 Å². The van der Waals surface area contributed by atoms with Crippen LogP contribution in [0, 0.1) is 5.92 Å². The van der Waals surface area contributed by atoms with E-state index in [4.69, 9.17) is 0 Å². The van der Waals surface area contributed by atoms with Gasteiger partial charge in [0.2, 0.25) is 5.91 Å². The van der Waals surface area contributed by atoms with E-state index in [1.165, 1.54) is 42.6 Å². The minimum atomic E-state index is -0.238. The number of carbonyl (C=O) groups excluding carboxylic acids is 1. The minimum absolute atomic E-state index is 0.00916. The van der Waals surface area contributed by atoms with E-state index < -0.39 is 0 Å². The maximum Gasteiger partial charge on any atom is 0.243 e. The fraction of sp³-hybridized carbons (Fsp3) is 0.696. The molecule has 0 radical (unpaired) electrons. The van der Waals surface area contributed by atoms with Crippen LogP contribution in [0.2, 0.25) is 0 Å². The van der Waals surface area contributed by atoms with E-state index in [0.29, 0.717) is 5.92 Å². The highest BCUT2D eigenvalue weighted by molar-refractivity contribution is 5.87. The molecule has 2 heterocycles. The first-order valence-corrected chi connectivity index (χ1v) is 11.0. The number of anilines is 2. The maximum atomic E-state index is 13.0. The highest BCUT2D eigenvalue weighted by atomic mass is 16.3. The van der Waals surface area contributed by atoms with Crippen LogP contribution in [-0.2, 0) is 4.79 Å². The molecule has 1 amide bonds. The molecule has 0 saturated carbocycles.